The SMILES string of the molecule is CNC(=O)c1cnc(NC(=O)C2CCCC2)cc1NC(=O)c1c(F)cccc1OC. The second-order valence-corrected chi connectivity index (χ2v) is 6.94. The van der Waals surface area contributed by atoms with E-state index >= 15 is 0 Å². The summed E-state index contributed by atoms with van der Waals surface area (Å²) in [6.07, 6.45) is 4.90. The summed E-state index contributed by atoms with van der Waals surface area (Å²) in [7, 11) is 2.76. The molecule has 0 unspecified atom stereocenters. The van der Waals surface area contributed by atoms with Gasteiger partial charge in [0.25, 0.3) is 11.8 Å². The highest BCUT2D eigenvalue weighted by Gasteiger charge is 2.24. The first-order valence-electron chi connectivity index (χ1n) is 9.61. The van der Waals surface area contributed by atoms with E-state index in [1.54, 1.807) is 0 Å². The normalized spacial score (nSPS) is 13.6. The number of amides is 3. The number of nitrogens with one attached hydrogen (secondary N) is 3. The van der Waals surface area contributed by atoms with Crippen LogP contribution in [0.15, 0.2) is 30.5 Å². The van der Waals surface area contributed by atoms with Gasteiger partial charge in [-0.3, -0.25) is 14.4 Å². The van der Waals surface area contributed by atoms with Crippen LogP contribution >= 0.6 is 0 Å². The summed E-state index contributed by atoms with van der Waals surface area (Å²) in [4.78, 5) is 41.4. The van der Waals surface area contributed by atoms with Gasteiger partial charge in [0.2, 0.25) is 5.91 Å². The highest BCUT2D eigenvalue weighted by atomic mass is 19.1. The first-order chi connectivity index (χ1) is 14.4. The first kappa shape index (κ1) is 21.2. The van der Waals surface area contributed by atoms with Gasteiger partial charge in [0.1, 0.15) is 22.9 Å². The number of pyridine rings is 1. The fourth-order valence-electron chi connectivity index (χ4n) is 3.44. The van der Waals surface area contributed by atoms with Crippen molar-refractivity contribution in [1.29, 1.82) is 0 Å². The Balaban J connectivity index is 1.90. The van der Waals surface area contributed by atoms with Gasteiger partial charge in [-0.2, -0.15) is 0 Å². The van der Waals surface area contributed by atoms with Gasteiger partial charge in [-0.25, -0.2) is 9.37 Å². The molecule has 9 heteroatoms. The van der Waals surface area contributed by atoms with Gasteiger partial charge in [-0.1, -0.05) is 18.9 Å². The van der Waals surface area contributed by atoms with Crippen LogP contribution < -0.4 is 20.7 Å². The van der Waals surface area contributed by atoms with E-state index in [0.29, 0.717) is 0 Å². The quantitative estimate of drug-likeness (QED) is 0.673. The largest absolute Gasteiger partial charge is 0.496 e. The molecule has 0 bridgehead atoms. The first-order valence-corrected chi connectivity index (χ1v) is 9.61. The number of anilines is 2. The smallest absolute Gasteiger partial charge is 0.262 e. The Morgan fingerprint density at radius 3 is 2.53 bits per heavy atom. The topological polar surface area (TPSA) is 109 Å². The number of methoxy groups -OCH3 is 1. The third-order valence-corrected chi connectivity index (χ3v) is 5.02. The molecule has 0 saturated heterocycles. The van der Waals surface area contributed by atoms with Crippen molar-refractivity contribution in [2.24, 2.45) is 5.92 Å². The highest BCUT2D eigenvalue weighted by molar-refractivity contribution is 6.10. The minimum absolute atomic E-state index is 0.0535. The summed E-state index contributed by atoms with van der Waals surface area (Å²) in [6.45, 7) is 0. The molecular weight excluding hydrogens is 391 g/mol. The lowest BCUT2D eigenvalue weighted by Gasteiger charge is -2.15. The zero-order valence-electron chi connectivity index (χ0n) is 16.8. The molecule has 3 amide bonds. The summed E-state index contributed by atoms with van der Waals surface area (Å²) >= 11 is 0. The van der Waals surface area contributed by atoms with Gasteiger partial charge in [0.15, 0.2) is 0 Å². The molecule has 30 heavy (non-hydrogen) atoms. The summed E-state index contributed by atoms with van der Waals surface area (Å²) in [5.41, 5.74) is -0.141. The molecule has 1 aromatic carbocycles. The van der Waals surface area contributed by atoms with Crippen molar-refractivity contribution in [3.05, 3.63) is 47.4 Å². The molecular formula is C21H23FN4O4. The number of carbonyl (C=O) groups is 3. The Kier molecular flexibility index (Phi) is 6.61. The Bertz CT molecular complexity index is 973. The van der Waals surface area contributed by atoms with E-state index in [1.165, 1.54) is 38.6 Å². The van der Waals surface area contributed by atoms with Crippen molar-refractivity contribution in [1.82, 2.24) is 10.3 Å². The summed E-state index contributed by atoms with van der Waals surface area (Å²) in [5, 5.41) is 7.71. The predicted molar refractivity (Wildman–Crippen MR) is 109 cm³/mol. The maximum atomic E-state index is 14.3. The lowest BCUT2D eigenvalue weighted by molar-refractivity contribution is -0.119. The van der Waals surface area contributed by atoms with Crippen LogP contribution in [0.5, 0.6) is 5.75 Å². The van der Waals surface area contributed by atoms with Crippen molar-refractivity contribution >= 4 is 29.2 Å². The molecule has 1 aromatic heterocycles. The number of rotatable bonds is 6. The van der Waals surface area contributed by atoms with Crippen LogP contribution in [0, 0.1) is 11.7 Å². The molecule has 1 heterocycles. The van der Waals surface area contributed by atoms with Gasteiger partial charge in [0, 0.05) is 25.2 Å². The molecule has 158 valence electrons. The molecule has 0 aliphatic heterocycles. The van der Waals surface area contributed by atoms with Gasteiger partial charge >= 0.3 is 0 Å². The van der Waals surface area contributed by atoms with Crippen LogP contribution in [0.25, 0.3) is 0 Å². The third kappa shape index (κ3) is 4.56. The number of carbonyl (C=O) groups excluding carboxylic acids is 3. The molecule has 3 rings (SSSR count). The predicted octanol–water partition coefficient (Wildman–Crippen LogP) is 2.97. The molecule has 1 aliphatic carbocycles. The van der Waals surface area contributed by atoms with E-state index in [0.717, 1.165) is 31.7 Å². The maximum Gasteiger partial charge on any atom is 0.262 e. The molecule has 2 aromatic rings. The van der Waals surface area contributed by atoms with E-state index in [2.05, 4.69) is 20.9 Å². The van der Waals surface area contributed by atoms with Crippen LogP contribution in [-0.4, -0.2) is 36.9 Å². The van der Waals surface area contributed by atoms with E-state index < -0.39 is 17.6 Å². The van der Waals surface area contributed by atoms with Gasteiger partial charge in [0.05, 0.1) is 18.4 Å². The molecule has 1 saturated carbocycles. The molecule has 1 aliphatic rings. The van der Waals surface area contributed by atoms with Crippen LogP contribution in [0.1, 0.15) is 46.4 Å². The standard InChI is InChI=1S/C21H23FN4O4/c1-23-20(28)13-11-24-17(26-19(27)12-6-3-4-7-12)10-15(13)25-21(29)18-14(22)8-5-9-16(18)30-2/h5,8-12H,3-4,6-7H2,1-2H3,(H,23,28)(H2,24,25,26,27,29). The average Bonchev–Trinajstić information content (AvgIpc) is 3.28. The van der Waals surface area contributed by atoms with Gasteiger partial charge in [-0.15, -0.1) is 0 Å². The molecule has 1 fully saturated rings. The second-order valence-electron chi connectivity index (χ2n) is 6.94. The van der Waals surface area contributed by atoms with Crippen LogP contribution in [0.4, 0.5) is 15.9 Å². The van der Waals surface area contributed by atoms with Crippen molar-refractivity contribution in [3.8, 4) is 5.75 Å². The van der Waals surface area contributed by atoms with E-state index in [9.17, 15) is 18.8 Å². The molecule has 0 spiro atoms. The molecule has 0 radical (unpaired) electrons. The number of hydrogen-bond acceptors (Lipinski definition) is 5. The lowest BCUT2D eigenvalue weighted by Crippen LogP contribution is -2.24. The fourth-order valence-corrected chi connectivity index (χ4v) is 3.44. The van der Waals surface area contributed by atoms with Gasteiger partial charge in [-0.05, 0) is 25.0 Å². The summed E-state index contributed by atoms with van der Waals surface area (Å²) in [5.74, 6) is -2.04. The van der Waals surface area contributed by atoms with E-state index in [1.807, 2.05) is 0 Å². The fraction of sp³-hybridized carbons (Fsp3) is 0.333. The zero-order chi connectivity index (χ0) is 21.7. The maximum absolute atomic E-state index is 14.3. The zero-order valence-corrected chi connectivity index (χ0v) is 16.8. The molecule has 8 nitrogen and oxygen atoms in total. The minimum Gasteiger partial charge on any atom is -0.496 e. The molecule has 0 atom stereocenters. The minimum atomic E-state index is -0.797. The third-order valence-electron chi connectivity index (χ3n) is 5.02. The number of aromatic nitrogens is 1. The number of hydrogen-bond donors (Lipinski definition) is 3. The molecule has 3 N–H and O–H groups in total. The Labute approximate surface area is 173 Å². The van der Waals surface area contributed by atoms with Crippen molar-refractivity contribution < 1.29 is 23.5 Å². The highest BCUT2D eigenvalue weighted by Crippen LogP contribution is 2.27. The van der Waals surface area contributed by atoms with Crippen molar-refractivity contribution in [2.45, 2.75) is 25.7 Å². The van der Waals surface area contributed by atoms with Crippen LogP contribution in [-0.2, 0) is 4.79 Å². The Morgan fingerprint density at radius 1 is 1.13 bits per heavy atom. The summed E-state index contributed by atoms with van der Waals surface area (Å²) in [6, 6.07) is 5.39. The number of ether oxygens (including phenoxy) is 1. The van der Waals surface area contributed by atoms with E-state index in [-0.39, 0.29) is 40.2 Å². The Hall–Kier alpha value is -3.49. The van der Waals surface area contributed by atoms with Crippen molar-refractivity contribution in [3.63, 3.8) is 0 Å². The number of halogens is 1. The average molecular weight is 414 g/mol. The second kappa shape index (κ2) is 9.34. The summed E-state index contributed by atoms with van der Waals surface area (Å²) < 4.78 is 19.3. The van der Waals surface area contributed by atoms with Crippen LogP contribution in [0.2, 0.25) is 0 Å². The monoisotopic (exact) mass is 414 g/mol. The Morgan fingerprint density at radius 2 is 1.87 bits per heavy atom. The van der Waals surface area contributed by atoms with Crippen LogP contribution in [0.3, 0.4) is 0 Å². The van der Waals surface area contributed by atoms with Crippen molar-refractivity contribution in [2.75, 3.05) is 24.8 Å². The van der Waals surface area contributed by atoms with E-state index in [4.69, 9.17) is 4.74 Å². The lowest BCUT2D eigenvalue weighted by atomic mass is 10.1. The number of benzene rings is 1. The number of nitrogens with zero attached hydrogens (tertiary/aromatic N) is 1. The van der Waals surface area contributed by atoms with Gasteiger partial charge < -0.3 is 20.7 Å².